The fourth-order valence-corrected chi connectivity index (χ4v) is 1.68. The largest absolute Gasteiger partial charge is 0.340 e. The quantitative estimate of drug-likeness (QED) is 0.851. The molecule has 1 unspecified atom stereocenters. The van der Waals surface area contributed by atoms with Crippen molar-refractivity contribution in [1.29, 1.82) is 0 Å². The van der Waals surface area contributed by atoms with Gasteiger partial charge in [0.25, 0.3) is 0 Å². The molecule has 0 saturated heterocycles. The summed E-state index contributed by atoms with van der Waals surface area (Å²) in [5.41, 5.74) is 6.24. The van der Waals surface area contributed by atoms with Gasteiger partial charge in [-0.1, -0.05) is 31.5 Å². The molecule has 17 heavy (non-hydrogen) atoms. The van der Waals surface area contributed by atoms with Gasteiger partial charge in [-0.2, -0.15) is 0 Å². The van der Waals surface area contributed by atoms with Crippen LogP contribution in [0.4, 0.5) is 4.39 Å². The van der Waals surface area contributed by atoms with Crippen LogP contribution >= 0.6 is 0 Å². The molecule has 0 radical (unpaired) electrons. The third-order valence-corrected chi connectivity index (χ3v) is 2.66. The predicted molar refractivity (Wildman–Crippen MR) is 65.8 cm³/mol. The van der Waals surface area contributed by atoms with Crippen LogP contribution < -0.4 is 5.73 Å². The molecule has 0 spiro atoms. The lowest BCUT2D eigenvalue weighted by atomic mass is 10.1. The predicted octanol–water partition coefficient (Wildman–Crippen LogP) is 1.91. The summed E-state index contributed by atoms with van der Waals surface area (Å²) in [6.45, 7) is 2.23. The number of amides is 1. The molecule has 1 aromatic rings. The Kier molecular flexibility index (Phi) is 5.10. The van der Waals surface area contributed by atoms with Gasteiger partial charge in [0.15, 0.2) is 0 Å². The standard InChI is InChI=1S/C13H19FN2O/c1-3-6-12(15)13(17)16(2)9-10-7-4-5-8-11(10)14/h4-5,7-8,12H,3,6,9,15H2,1-2H3. The van der Waals surface area contributed by atoms with Crippen molar-refractivity contribution in [2.24, 2.45) is 5.73 Å². The fraction of sp³-hybridized carbons (Fsp3) is 0.462. The maximum Gasteiger partial charge on any atom is 0.239 e. The number of nitrogens with two attached hydrogens (primary N) is 1. The first-order valence-electron chi connectivity index (χ1n) is 5.80. The third-order valence-electron chi connectivity index (χ3n) is 2.66. The molecule has 0 bridgehead atoms. The topological polar surface area (TPSA) is 46.3 Å². The fourth-order valence-electron chi connectivity index (χ4n) is 1.68. The summed E-state index contributed by atoms with van der Waals surface area (Å²) in [6.07, 6.45) is 1.51. The molecular weight excluding hydrogens is 219 g/mol. The SMILES string of the molecule is CCCC(N)C(=O)N(C)Cc1ccccc1F. The molecule has 1 aromatic carbocycles. The van der Waals surface area contributed by atoms with Gasteiger partial charge < -0.3 is 10.6 Å². The van der Waals surface area contributed by atoms with Gasteiger partial charge in [0.2, 0.25) is 5.91 Å². The highest BCUT2D eigenvalue weighted by molar-refractivity contribution is 5.81. The summed E-state index contributed by atoms with van der Waals surface area (Å²) >= 11 is 0. The summed E-state index contributed by atoms with van der Waals surface area (Å²) in [4.78, 5) is 13.3. The Hall–Kier alpha value is -1.42. The highest BCUT2D eigenvalue weighted by Gasteiger charge is 2.17. The Morgan fingerprint density at radius 3 is 2.71 bits per heavy atom. The van der Waals surface area contributed by atoms with Gasteiger partial charge in [-0.15, -0.1) is 0 Å². The average Bonchev–Trinajstić information content (AvgIpc) is 2.31. The number of carbonyl (C=O) groups is 1. The number of rotatable bonds is 5. The number of benzene rings is 1. The van der Waals surface area contributed by atoms with Crippen LogP contribution in [0.25, 0.3) is 0 Å². The number of halogens is 1. The summed E-state index contributed by atoms with van der Waals surface area (Å²) in [5, 5.41) is 0. The van der Waals surface area contributed by atoms with Gasteiger partial charge in [-0.3, -0.25) is 4.79 Å². The lowest BCUT2D eigenvalue weighted by molar-refractivity contribution is -0.132. The number of hydrogen-bond donors (Lipinski definition) is 1. The van der Waals surface area contributed by atoms with Crippen LogP contribution in [-0.2, 0) is 11.3 Å². The van der Waals surface area contributed by atoms with Gasteiger partial charge in [0, 0.05) is 19.2 Å². The molecule has 0 aliphatic heterocycles. The average molecular weight is 238 g/mol. The number of nitrogens with zero attached hydrogens (tertiary/aromatic N) is 1. The van der Waals surface area contributed by atoms with Crippen molar-refractivity contribution < 1.29 is 9.18 Å². The Balaban J connectivity index is 2.63. The van der Waals surface area contributed by atoms with Crippen molar-refractivity contribution >= 4 is 5.91 Å². The molecule has 0 heterocycles. The Bertz CT molecular complexity index is 381. The molecule has 0 aliphatic carbocycles. The van der Waals surface area contributed by atoms with Gasteiger partial charge in [0.1, 0.15) is 5.82 Å². The third kappa shape index (κ3) is 3.82. The van der Waals surface area contributed by atoms with Crippen LogP contribution in [0.1, 0.15) is 25.3 Å². The second kappa shape index (κ2) is 6.35. The summed E-state index contributed by atoms with van der Waals surface area (Å²) in [5.74, 6) is -0.439. The molecule has 2 N–H and O–H groups in total. The second-order valence-electron chi connectivity index (χ2n) is 4.18. The number of carbonyl (C=O) groups excluding carboxylic acids is 1. The zero-order valence-electron chi connectivity index (χ0n) is 10.3. The Labute approximate surface area is 101 Å². The lowest BCUT2D eigenvalue weighted by Gasteiger charge is -2.21. The van der Waals surface area contributed by atoms with Crippen LogP contribution in [-0.4, -0.2) is 23.9 Å². The van der Waals surface area contributed by atoms with E-state index in [1.807, 2.05) is 6.92 Å². The minimum Gasteiger partial charge on any atom is -0.340 e. The van der Waals surface area contributed by atoms with Crippen LogP contribution in [0.2, 0.25) is 0 Å². The van der Waals surface area contributed by atoms with E-state index in [4.69, 9.17) is 5.73 Å². The van der Waals surface area contributed by atoms with Gasteiger partial charge in [-0.05, 0) is 12.5 Å². The van der Waals surface area contributed by atoms with Crippen molar-refractivity contribution in [3.8, 4) is 0 Å². The van der Waals surface area contributed by atoms with E-state index >= 15 is 0 Å². The van der Waals surface area contributed by atoms with Crippen molar-refractivity contribution in [3.63, 3.8) is 0 Å². The summed E-state index contributed by atoms with van der Waals surface area (Å²) < 4.78 is 13.4. The molecule has 94 valence electrons. The molecular formula is C13H19FN2O. The zero-order chi connectivity index (χ0) is 12.8. The summed E-state index contributed by atoms with van der Waals surface area (Å²) in [7, 11) is 1.64. The molecule has 0 aliphatic rings. The molecule has 0 saturated carbocycles. The van der Waals surface area contributed by atoms with E-state index in [0.29, 0.717) is 12.0 Å². The molecule has 3 nitrogen and oxygen atoms in total. The molecule has 0 fully saturated rings. The second-order valence-corrected chi connectivity index (χ2v) is 4.18. The van der Waals surface area contributed by atoms with Gasteiger partial charge >= 0.3 is 0 Å². The highest BCUT2D eigenvalue weighted by atomic mass is 19.1. The molecule has 1 rings (SSSR count). The van der Waals surface area contributed by atoms with Crippen molar-refractivity contribution in [2.45, 2.75) is 32.4 Å². The summed E-state index contributed by atoms with van der Waals surface area (Å²) in [6, 6.07) is 5.95. The molecule has 1 atom stereocenters. The van der Waals surface area contributed by atoms with E-state index < -0.39 is 6.04 Å². The molecule has 0 aromatic heterocycles. The first kappa shape index (κ1) is 13.6. The maximum atomic E-state index is 13.4. The minimum absolute atomic E-state index is 0.143. The normalized spacial score (nSPS) is 12.2. The zero-order valence-corrected chi connectivity index (χ0v) is 10.3. The first-order valence-corrected chi connectivity index (χ1v) is 5.80. The van der Waals surface area contributed by atoms with E-state index in [9.17, 15) is 9.18 Å². The van der Waals surface area contributed by atoms with Gasteiger partial charge in [0.05, 0.1) is 6.04 Å². The van der Waals surface area contributed by atoms with Crippen molar-refractivity contribution in [3.05, 3.63) is 35.6 Å². The van der Waals surface area contributed by atoms with Crippen molar-refractivity contribution in [2.75, 3.05) is 7.05 Å². The lowest BCUT2D eigenvalue weighted by Crippen LogP contribution is -2.41. The van der Waals surface area contributed by atoms with E-state index in [-0.39, 0.29) is 18.3 Å². The number of likely N-dealkylation sites (N-methyl/N-ethyl adjacent to an activating group) is 1. The number of hydrogen-bond acceptors (Lipinski definition) is 2. The Morgan fingerprint density at radius 2 is 2.12 bits per heavy atom. The highest BCUT2D eigenvalue weighted by Crippen LogP contribution is 2.10. The van der Waals surface area contributed by atoms with E-state index in [0.717, 1.165) is 6.42 Å². The van der Waals surface area contributed by atoms with E-state index in [1.54, 1.807) is 25.2 Å². The molecule has 4 heteroatoms. The van der Waals surface area contributed by atoms with E-state index in [2.05, 4.69) is 0 Å². The van der Waals surface area contributed by atoms with Crippen LogP contribution in [0.15, 0.2) is 24.3 Å². The van der Waals surface area contributed by atoms with Crippen LogP contribution in [0.5, 0.6) is 0 Å². The minimum atomic E-state index is -0.489. The van der Waals surface area contributed by atoms with E-state index in [1.165, 1.54) is 11.0 Å². The Morgan fingerprint density at radius 1 is 1.47 bits per heavy atom. The smallest absolute Gasteiger partial charge is 0.239 e. The first-order chi connectivity index (χ1) is 8.06. The van der Waals surface area contributed by atoms with Crippen LogP contribution in [0, 0.1) is 5.82 Å². The molecule has 1 amide bonds. The monoisotopic (exact) mass is 238 g/mol. The maximum absolute atomic E-state index is 13.4. The van der Waals surface area contributed by atoms with Gasteiger partial charge in [-0.25, -0.2) is 4.39 Å². The van der Waals surface area contributed by atoms with Crippen LogP contribution in [0.3, 0.4) is 0 Å². The van der Waals surface area contributed by atoms with Crippen molar-refractivity contribution in [1.82, 2.24) is 4.90 Å².